The lowest BCUT2D eigenvalue weighted by Crippen LogP contribution is -2.45. The molecule has 0 aromatic rings. The van der Waals surface area contributed by atoms with Gasteiger partial charge in [0.25, 0.3) is 0 Å². The number of ether oxygens (including phenoxy) is 1. The third kappa shape index (κ3) is 59.8. The molecule has 74 heavy (non-hydrogen) atoms. The summed E-state index contributed by atoms with van der Waals surface area (Å²) in [4.78, 5) is 24.6. The average Bonchev–Trinajstić information content (AvgIpc) is 3.40. The highest BCUT2D eigenvalue weighted by molar-refractivity contribution is 5.76. The van der Waals surface area contributed by atoms with Crippen molar-refractivity contribution in [2.75, 3.05) is 13.2 Å². The number of nitrogens with one attached hydrogen (secondary N) is 1. The van der Waals surface area contributed by atoms with Gasteiger partial charge in [-0.15, -0.1) is 0 Å². The topological polar surface area (TPSA) is 95.9 Å². The van der Waals surface area contributed by atoms with E-state index in [0.717, 1.165) is 44.9 Å². The molecule has 0 fully saturated rings. The first-order chi connectivity index (χ1) is 36.5. The molecule has 440 valence electrons. The minimum atomic E-state index is -0.660. The summed E-state index contributed by atoms with van der Waals surface area (Å²) in [6.45, 7) is 4.98. The number of amides is 1. The quantitative estimate of drug-likeness (QED) is 0.0320. The first-order valence-corrected chi connectivity index (χ1v) is 33.9. The molecule has 0 heterocycles. The molecule has 0 saturated heterocycles. The lowest BCUT2D eigenvalue weighted by Gasteiger charge is -2.22. The highest BCUT2D eigenvalue weighted by Crippen LogP contribution is 2.19. The number of carbonyl (C=O) groups is 2. The summed E-state index contributed by atoms with van der Waals surface area (Å²) in [6.07, 6.45) is 78.3. The van der Waals surface area contributed by atoms with E-state index >= 15 is 0 Å². The van der Waals surface area contributed by atoms with E-state index in [-0.39, 0.29) is 18.5 Å². The van der Waals surface area contributed by atoms with Crippen molar-refractivity contribution in [2.45, 2.75) is 398 Å². The fourth-order valence-electron chi connectivity index (χ4n) is 10.9. The second-order valence-corrected chi connectivity index (χ2v) is 23.5. The lowest BCUT2D eigenvalue weighted by atomic mass is 10.0. The van der Waals surface area contributed by atoms with Crippen LogP contribution in [-0.4, -0.2) is 47.4 Å². The Morgan fingerprint density at radius 3 is 0.959 bits per heavy atom. The molecule has 2 atom stereocenters. The predicted octanol–water partition coefficient (Wildman–Crippen LogP) is 21.6. The van der Waals surface area contributed by atoms with Crippen LogP contribution < -0.4 is 5.32 Å². The second-order valence-electron chi connectivity index (χ2n) is 23.5. The van der Waals surface area contributed by atoms with Crippen LogP contribution in [0.3, 0.4) is 0 Å². The van der Waals surface area contributed by atoms with Gasteiger partial charge in [0.05, 0.1) is 25.4 Å². The van der Waals surface area contributed by atoms with Gasteiger partial charge >= 0.3 is 5.97 Å². The summed E-state index contributed by atoms with van der Waals surface area (Å²) >= 11 is 0. The minimum Gasteiger partial charge on any atom is -0.466 e. The predicted molar refractivity (Wildman–Crippen MR) is 324 cm³/mol. The van der Waals surface area contributed by atoms with E-state index in [1.807, 2.05) is 0 Å². The standard InChI is InChI=1S/C68H133NO5/c1-3-5-7-9-11-13-15-17-18-19-32-35-38-42-46-50-54-58-62-68(73)74-63-59-55-51-47-43-39-36-33-30-28-26-24-22-20-21-23-25-27-29-31-34-37-41-45-49-53-57-61-67(72)69-65(64-70)66(71)60-56-52-48-44-40-16-14-12-10-8-6-4-2/h18-19,65-66,70-71H,3-17,20-64H2,1-2H3,(H,69,72)/b19-18-. The SMILES string of the molecule is CCCCCCCCC/C=C\CCCCCCCCCC(=O)OCCCCCCCCCCCCCCCCCCCCCCCCCCCCCC(=O)NC(CO)C(O)CCCCCCCCCCCCCC. The molecule has 6 nitrogen and oxygen atoms in total. The molecule has 0 spiro atoms. The summed E-state index contributed by atoms with van der Waals surface area (Å²) in [5, 5.41) is 23.2. The molecule has 0 aliphatic rings. The molecule has 6 heteroatoms. The first kappa shape index (κ1) is 72.6. The molecule has 0 bridgehead atoms. The zero-order valence-electron chi connectivity index (χ0n) is 50.4. The van der Waals surface area contributed by atoms with E-state index in [9.17, 15) is 19.8 Å². The highest BCUT2D eigenvalue weighted by Gasteiger charge is 2.20. The highest BCUT2D eigenvalue weighted by atomic mass is 16.5. The number of unbranched alkanes of at least 4 members (excludes halogenated alkanes) is 51. The van der Waals surface area contributed by atoms with Gasteiger partial charge in [0.15, 0.2) is 0 Å². The maximum atomic E-state index is 12.5. The molecular formula is C68H133NO5. The van der Waals surface area contributed by atoms with E-state index in [4.69, 9.17) is 4.74 Å². The Hall–Kier alpha value is -1.40. The summed E-state index contributed by atoms with van der Waals surface area (Å²) < 4.78 is 5.50. The molecule has 0 aliphatic heterocycles. The van der Waals surface area contributed by atoms with Gasteiger partial charge in [-0.2, -0.15) is 0 Å². The van der Waals surface area contributed by atoms with Gasteiger partial charge in [-0.05, 0) is 51.4 Å². The van der Waals surface area contributed by atoms with Gasteiger partial charge in [-0.3, -0.25) is 9.59 Å². The zero-order chi connectivity index (χ0) is 53.6. The van der Waals surface area contributed by atoms with Crippen LogP contribution in [0.1, 0.15) is 386 Å². The Morgan fingerprint density at radius 1 is 0.365 bits per heavy atom. The normalized spacial score (nSPS) is 12.5. The molecule has 0 aromatic heterocycles. The Labute approximate surface area is 463 Å². The second kappa shape index (κ2) is 64.1. The molecule has 0 rings (SSSR count). The van der Waals surface area contributed by atoms with Crippen LogP contribution in [0.2, 0.25) is 0 Å². The van der Waals surface area contributed by atoms with Crippen molar-refractivity contribution in [1.29, 1.82) is 0 Å². The third-order valence-electron chi connectivity index (χ3n) is 16.1. The number of aliphatic hydroxyl groups is 2. The summed E-state index contributed by atoms with van der Waals surface area (Å²) in [5.41, 5.74) is 0. The van der Waals surface area contributed by atoms with Crippen LogP contribution in [0.5, 0.6) is 0 Å². The number of rotatable bonds is 64. The van der Waals surface area contributed by atoms with Gasteiger partial charge in [0.2, 0.25) is 5.91 Å². The molecule has 2 unspecified atom stereocenters. The summed E-state index contributed by atoms with van der Waals surface area (Å²) in [6, 6.07) is -0.537. The van der Waals surface area contributed by atoms with E-state index in [2.05, 4.69) is 31.3 Å². The van der Waals surface area contributed by atoms with Crippen LogP contribution >= 0.6 is 0 Å². The van der Waals surface area contributed by atoms with Crippen molar-refractivity contribution in [1.82, 2.24) is 5.32 Å². The van der Waals surface area contributed by atoms with E-state index < -0.39 is 12.1 Å². The molecule has 3 N–H and O–H groups in total. The number of allylic oxidation sites excluding steroid dienone is 2. The molecule has 0 aromatic carbocycles. The van der Waals surface area contributed by atoms with Crippen LogP contribution in [0, 0.1) is 0 Å². The maximum absolute atomic E-state index is 12.5. The van der Waals surface area contributed by atoms with Crippen molar-refractivity contribution in [3.05, 3.63) is 12.2 Å². The smallest absolute Gasteiger partial charge is 0.305 e. The summed E-state index contributed by atoms with van der Waals surface area (Å²) in [7, 11) is 0. The first-order valence-electron chi connectivity index (χ1n) is 33.9. The number of hydrogen-bond acceptors (Lipinski definition) is 5. The Bertz CT molecular complexity index is 1110. The van der Waals surface area contributed by atoms with Crippen LogP contribution in [0.25, 0.3) is 0 Å². The van der Waals surface area contributed by atoms with Gasteiger partial charge in [0, 0.05) is 12.8 Å². The zero-order valence-corrected chi connectivity index (χ0v) is 50.4. The van der Waals surface area contributed by atoms with E-state index in [0.29, 0.717) is 25.9 Å². The van der Waals surface area contributed by atoms with Gasteiger partial charge in [-0.1, -0.05) is 334 Å². The molecule has 0 radical (unpaired) electrons. The summed E-state index contributed by atoms with van der Waals surface area (Å²) in [5.74, 6) is -0.0146. The van der Waals surface area contributed by atoms with Crippen molar-refractivity contribution in [3.8, 4) is 0 Å². The number of hydrogen-bond donors (Lipinski definition) is 3. The van der Waals surface area contributed by atoms with Gasteiger partial charge < -0.3 is 20.3 Å². The fourth-order valence-corrected chi connectivity index (χ4v) is 10.9. The average molecular weight is 1040 g/mol. The monoisotopic (exact) mass is 1040 g/mol. The van der Waals surface area contributed by atoms with Crippen molar-refractivity contribution < 1.29 is 24.5 Å². The van der Waals surface area contributed by atoms with E-state index in [1.54, 1.807) is 0 Å². The van der Waals surface area contributed by atoms with Crippen LogP contribution in [0.15, 0.2) is 12.2 Å². The molecule has 1 amide bonds. The van der Waals surface area contributed by atoms with Crippen LogP contribution in [0.4, 0.5) is 0 Å². The number of esters is 1. The minimum absolute atomic E-state index is 0.0160. The Morgan fingerprint density at radius 2 is 0.635 bits per heavy atom. The van der Waals surface area contributed by atoms with Crippen molar-refractivity contribution >= 4 is 11.9 Å². The van der Waals surface area contributed by atoms with Gasteiger partial charge in [0.1, 0.15) is 0 Å². The third-order valence-corrected chi connectivity index (χ3v) is 16.1. The van der Waals surface area contributed by atoms with Crippen LogP contribution in [-0.2, 0) is 14.3 Å². The van der Waals surface area contributed by atoms with Gasteiger partial charge in [-0.25, -0.2) is 0 Å². The largest absolute Gasteiger partial charge is 0.466 e. The van der Waals surface area contributed by atoms with Crippen molar-refractivity contribution in [3.63, 3.8) is 0 Å². The van der Waals surface area contributed by atoms with E-state index in [1.165, 1.54) is 308 Å². The fraction of sp³-hybridized carbons (Fsp3) is 0.941. The number of carbonyl (C=O) groups excluding carboxylic acids is 2. The lowest BCUT2D eigenvalue weighted by molar-refractivity contribution is -0.143. The maximum Gasteiger partial charge on any atom is 0.305 e. The van der Waals surface area contributed by atoms with Crippen molar-refractivity contribution in [2.24, 2.45) is 0 Å². The Kier molecular flexibility index (Phi) is 62.9. The molecule has 0 aliphatic carbocycles. The molecule has 0 saturated carbocycles. The Balaban J connectivity index is 3.31. The number of aliphatic hydroxyl groups excluding tert-OH is 2. The molecular weight excluding hydrogens is 911 g/mol.